The Morgan fingerprint density at radius 2 is 2.19 bits per heavy atom. The molecule has 0 aliphatic carbocycles. The lowest BCUT2D eigenvalue weighted by Gasteiger charge is -2.27. The first kappa shape index (κ1) is 18.7. The molecule has 0 saturated carbocycles. The summed E-state index contributed by atoms with van der Waals surface area (Å²) in [6.45, 7) is 3.65. The highest BCUT2D eigenvalue weighted by molar-refractivity contribution is 6.30. The maximum atomic E-state index is 12.4. The summed E-state index contributed by atoms with van der Waals surface area (Å²) in [4.78, 5) is 16.8. The van der Waals surface area contributed by atoms with Crippen LogP contribution in [0.1, 0.15) is 30.9 Å². The minimum absolute atomic E-state index is 0.0638. The number of hydrogen-bond donors (Lipinski definition) is 1. The van der Waals surface area contributed by atoms with Gasteiger partial charge in [0, 0.05) is 10.9 Å². The van der Waals surface area contributed by atoms with Gasteiger partial charge in [0.05, 0.1) is 24.1 Å². The Hall–Kier alpha value is -3.04. The summed E-state index contributed by atoms with van der Waals surface area (Å²) in [5.41, 5.74) is 8.54. The van der Waals surface area contributed by atoms with E-state index in [0.29, 0.717) is 5.56 Å². The molecule has 2 aromatic rings. The molecule has 0 fully saturated rings. The molecule has 0 spiro atoms. The summed E-state index contributed by atoms with van der Waals surface area (Å²) in [7, 11) is 1.27. The summed E-state index contributed by atoms with van der Waals surface area (Å²) in [6.07, 6.45) is 0.869. The van der Waals surface area contributed by atoms with Crippen LogP contribution in [0, 0.1) is 11.3 Å². The van der Waals surface area contributed by atoms with Crippen molar-refractivity contribution in [1.29, 1.82) is 5.26 Å². The van der Waals surface area contributed by atoms with Crippen molar-refractivity contribution < 1.29 is 14.3 Å². The highest BCUT2D eigenvalue weighted by Crippen LogP contribution is 2.42. The summed E-state index contributed by atoms with van der Waals surface area (Å²) in [5, 5.41) is 10.7. The number of benzene rings is 1. The van der Waals surface area contributed by atoms with Gasteiger partial charge in [0.15, 0.2) is 0 Å². The third-order valence-electron chi connectivity index (χ3n) is 4.59. The molecule has 0 bridgehead atoms. The molecule has 0 amide bonds. The Morgan fingerprint density at radius 3 is 2.81 bits per heavy atom. The van der Waals surface area contributed by atoms with E-state index in [0.717, 1.165) is 22.9 Å². The Kier molecular flexibility index (Phi) is 5.06. The average molecular weight is 384 g/mol. The van der Waals surface area contributed by atoms with Crippen LogP contribution in [0.4, 0.5) is 0 Å². The third kappa shape index (κ3) is 3.22. The first-order valence-corrected chi connectivity index (χ1v) is 8.74. The zero-order valence-corrected chi connectivity index (χ0v) is 15.9. The zero-order chi connectivity index (χ0) is 19.7. The number of nitrogens with two attached hydrogens (primary N) is 1. The number of allylic oxidation sites excluding steroid dienone is 2. The maximum absolute atomic E-state index is 12.4. The topological polar surface area (TPSA) is 98.2 Å². The second-order valence-electron chi connectivity index (χ2n) is 6.14. The number of hydrogen-bond acceptors (Lipinski definition) is 6. The van der Waals surface area contributed by atoms with Crippen LogP contribution in [0.25, 0.3) is 10.9 Å². The number of rotatable bonds is 3. The van der Waals surface area contributed by atoms with Crippen molar-refractivity contribution in [2.24, 2.45) is 5.73 Å². The SMILES string of the molecule is CCc1ccc2nc(Cl)c([C@H]3C(C#N)=C(N)OC(C)=C3C(=O)OC)cc2c1. The van der Waals surface area contributed by atoms with Gasteiger partial charge in [-0.3, -0.25) is 0 Å². The number of nitriles is 1. The van der Waals surface area contributed by atoms with Crippen molar-refractivity contribution >= 4 is 28.5 Å². The molecular formula is C20H18ClN3O3. The van der Waals surface area contributed by atoms with Gasteiger partial charge < -0.3 is 15.2 Å². The Balaban J connectivity index is 2.29. The van der Waals surface area contributed by atoms with Crippen molar-refractivity contribution in [3.8, 4) is 6.07 Å². The molecule has 0 radical (unpaired) electrons. The first-order valence-electron chi connectivity index (χ1n) is 8.37. The van der Waals surface area contributed by atoms with Crippen LogP contribution in [0.5, 0.6) is 0 Å². The predicted octanol–water partition coefficient (Wildman–Crippen LogP) is 3.71. The van der Waals surface area contributed by atoms with Crippen LogP contribution in [0.2, 0.25) is 5.15 Å². The predicted molar refractivity (Wildman–Crippen MR) is 101 cm³/mol. The molecule has 1 aliphatic rings. The average Bonchev–Trinajstić information content (AvgIpc) is 2.66. The highest BCUT2D eigenvalue weighted by atomic mass is 35.5. The van der Waals surface area contributed by atoms with Crippen LogP contribution in [-0.2, 0) is 20.7 Å². The fraction of sp³-hybridized carbons (Fsp3) is 0.250. The summed E-state index contributed by atoms with van der Waals surface area (Å²) in [6, 6.07) is 9.76. The highest BCUT2D eigenvalue weighted by Gasteiger charge is 2.37. The molecule has 138 valence electrons. The van der Waals surface area contributed by atoms with E-state index in [1.165, 1.54) is 7.11 Å². The van der Waals surface area contributed by atoms with Gasteiger partial charge in [-0.05, 0) is 37.1 Å². The van der Waals surface area contributed by atoms with Crippen LogP contribution in [-0.4, -0.2) is 18.1 Å². The molecule has 1 aromatic carbocycles. The number of nitrogens with zero attached hydrogens (tertiary/aromatic N) is 2. The lowest BCUT2D eigenvalue weighted by atomic mass is 9.83. The molecule has 1 aliphatic heterocycles. The number of halogens is 1. The number of methoxy groups -OCH3 is 1. The fourth-order valence-electron chi connectivity index (χ4n) is 3.21. The smallest absolute Gasteiger partial charge is 0.338 e. The summed E-state index contributed by atoms with van der Waals surface area (Å²) >= 11 is 6.44. The van der Waals surface area contributed by atoms with E-state index in [9.17, 15) is 10.1 Å². The second kappa shape index (κ2) is 7.29. The van der Waals surface area contributed by atoms with Gasteiger partial charge in [-0.15, -0.1) is 0 Å². The number of aromatic nitrogens is 1. The lowest BCUT2D eigenvalue weighted by Crippen LogP contribution is -2.25. The van der Waals surface area contributed by atoms with Gasteiger partial charge in [-0.2, -0.15) is 5.26 Å². The number of carbonyl (C=O) groups excluding carboxylic acids is 1. The molecule has 6 nitrogen and oxygen atoms in total. The molecule has 2 N–H and O–H groups in total. The second-order valence-corrected chi connectivity index (χ2v) is 6.49. The maximum Gasteiger partial charge on any atom is 0.338 e. The quantitative estimate of drug-likeness (QED) is 0.640. The Morgan fingerprint density at radius 1 is 1.44 bits per heavy atom. The van der Waals surface area contributed by atoms with E-state index in [4.69, 9.17) is 26.8 Å². The van der Waals surface area contributed by atoms with Gasteiger partial charge in [-0.25, -0.2) is 9.78 Å². The van der Waals surface area contributed by atoms with E-state index in [1.54, 1.807) is 6.92 Å². The minimum Gasteiger partial charge on any atom is -0.466 e. The summed E-state index contributed by atoms with van der Waals surface area (Å²) < 4.78 is 10.3. The van der Waals surface area contributed by atoms with E-state index in [-0.39, 0.29) is 27.9 Å². The van der Waals surface area contributed by atoms with E-state index < -0.39 is 11.9 Å². The first-order chi connectivity index (χ1) is 12.9. The van der Waals surface area contributed by atoms with Crippen molar-refractivity contribution in [2.45, 2.75) is 26.2 Å². The molecular weight excluding hydrogens is 366 g/mol. The normalized spacial score (nSPS) is 16.9. The van der Waals surface area contributed by atoms with Crippen LogP contribution < -0.4 is 5.73 Å². The minimum atomic E-state index is -0.814. The van der Waals surface area contributed by atoms with Crippen LogP contribution in [0.3, 0.4) is 0 Å². The van der Waals surface area contributed by atoms with E-state index >= 15 is 0 Å². The Labute approximate surface area is 161 Å². The lowest BCUT2D eigenvalue weighted by molar-refractivity contribution is -0.136. The number of ether oxygens (including phenoxy) is 2. The standard InChI is InChI=1S/C20H18ClN3O3/c1-4-11-5-6-15-12(7-11)8-13(18(21)24-15)17-14(9-22)19(23)27-10(2)16(17)20(25)26-3/h5-8,17H,4,23H2,1-3H3/t17-/m0/s1. The van der Waals surface area contributed by atoms with Crippen LogP contribution in [0.15, 0.2) is 47.1 Å². The summed E-state index contributed by atoms with van der Waals surface area (Å²) in [5.74, 6) is -1.23. The number of pyridine rings is 1. The van der Waals surface area contributed by atoms with E-state index in [2.05, 4.69) is 11.9 Å². The number of aryl methyl sites for hydroxylation is 1. The van der Waals surface area contributed by atoms with Crippen molar-refractivity contribution in [1.82, 2.24) is 4.98 Å². The molecule has 1 aromatic heterocycles. The molecule has 2 heterocycles. The van der Waals surface area contributed by atoms with Gasteiger partial charge in [0.2, 0.25) is 5.88 Å². The number of carbonyl (C=O) groups is 1. The Bertz CT molecular complexity index is 1050. The largest absolute Gasteiger partial charge is 0.466 e. The van der Waals surface area contributed by atoms with Gasteiger partial charge >= 0.3 is 5.97 Å². The monoisotopic (exact) mass is 383 g/mol. The van der Waals surface area contributed by atoms with Crippen molar-refractivity contribution in [2.75, 3.05) is 7.11 Å². The number of esters is 1. The van der Waals surface area contributed by atoms with Gasteiger partial charge in [0.1, 0.15) is 22.6 Å². The molecule has 3 rings (SSSR count). The third-order valence-corrected chi connectivity index (χ3v) is 4.89. The van der Waals surface area contributed by atoms with Gasteiger partial charge in [0.25, 0.3) is 0 Å². The molecule has 1 atom stereocenters. The van der Waals surface area contributed by atoms with Gasteiger partial charge in [-0.1, -0.05) is 24.6 Å². The molecule has 7 heteroatoms. The van der Waals surface area contributed by atoms with E-state index in [1.807, 2.05) is 30.3 Å². The molecule has 0 unspecified atom stereocenters. The zero-order valence-electron chi connectivity index (χ0n) is 15.2. The number of fused-ring (bicyclic) bond motifs is 1. The molecule has 0 saturated heterocycles. The molecule has 27 heavy (non-hydrogen) atoms. The van der Waals surface area contributed by atoms with Crippen molar-refractivity contribution in [3.63, 3.8) is 0 Å². The fourth-order valence-corrected chi connectivity index (χ4v) is 3.46. The van der Waals surface area contributed by atoms with Crippen LogP contribution >= 0.6 is 11.6 Å². The van der Waals surface area contributed by atoms with Crippen molar-refractivity contribution in [3.05, 3.63) is 63.3 Å².